The Morgan fingerprint density at radius 3 is 2.17 bits per heavy atom. The van der Waals surface area contributed by atoms with Crippen LogP contribution in [0.5, 0.6) is 0 Å². The van der Waals surface area contributed by atoms with Crippen molar-refractivity contribution in [2.75, 3.05) is 0 Å². The number of hydrogen-bond donors (Lipinski definition) is 1. The summed E-state index contributed by atoms with van der Waals surface area (Å²) in [6, 6.07) is 6.49. The van der Waals surface area contributed by atoms with Crippen LogP contribution in [0.3, 0.4) is 0 Å². The van der Waals surface area contributed by atoms with Crippen molar-refractivity contribution in [3.63, 3.8) is 0 Å². The normalized spacial score (nSPS) is 8.83. The fourth-order valence-electron chi connectivity index (χ4n) is 0.741. The van der Waals surface area contributed by atoms with Gasteiger partial charge in [0.1, 0.15) is 0 Å². The van der Waals surface area contributed by atoms with E-state index in [0.717, 1.165) is 5.56 Å². The van der Waals surface area contributed by atoms with Gasteiger partial charge in [-0.1, -0.05) is 12.1 Å². The van der Waals surface area contributed by atoms with Crippen LogP contribution < -0.4 is 0 Å². The van der Waals surface area contributed by atoms with Gasteiger partial charge in [0.15, 0.2) is 0 Å². The average Bonchev–Trinajstić information content (AvgIpc) is 2.05. The summed E-state index contributed by atoms with van der Waals surface area (Å²) in [5.74, 6) is 0. The first-order chi connectivity index (χ1) is 5.24. The van der Waals surface area contributed by atoms with Crippen LogP contribution in [-0.2, 0) is 6.61 Å². The number of halogens is 1. The molecule has 0 amide bonds. The molecular formula is C8H7AcClO2. The quantitative estimate of drug-likeness (QED) is 0.769. The first-order valence-electron chi connectivity index (χ1n) is 3.13. The Bertz CT molecular complexity index is 258. The Balaban J connectivity index is 0.00000121. The van der Waals surface area contributed by atoms with E-state index in [1.807, 2.05) is 0 Å². The summed E-state index contributed by atoms with van der Waals surface area (Å²) in [6.45, 7) is -0.0171. The van der Waals surface area contributed by atoms with Gasteiger partial charge in [-0.25, -0.2) is 0 Å². The van der Waals surface area contributed by atoms with Gasteiger partial charge in [-0.3, -0.25) is 4.79 Å². The molecule has 1 aromatic carbocycles. The van der Waals surface area contributed by atoms with E-state index in [4.69, 9.17) is 16.7 Å². The van der Waals surface area contributed by atoms with E-state index in [1.54, 1.807) is 24.3 Å². The van der Waals surface area contributed by atoms with Crippen molar-refractivity contribution in [2.45, 2.75) is 6.61 Å². The maximum atomic E-state index is 10.5. The number of carbonyl (C=O) groups excluding carboxylic acids is 1. The number of benzene rings is 1. The van der Waals surface area contributed by atoms with Gasteiger partial charge in [0.05, 0.1) is 6.61 Å². The fraction of sp³-hybridized carbons (Fsp3) is 0.125. The number of aliphatic hydroxyl groups is 1. The molecule has 0 unspecified atom stereocenters. The minimum absolute atomic E-state index is 0. The summed E-state index contributed by atoms with van der Waals surface area (Å²) in [5.41, 5.74) is 1.22. The third kappa shape index (κ3) is 3.53. The largest absolute Gasteiger partial charge is 0.392 e. The van der Waals surface area contributed by atoms with Gasteiger partial charge in [0.25, 0.3) is 5.24 Å². The fourth-order valence-corrected chi connectivity index (χ4v) is 0.867. The van der Waals surface area contributed by atoms with Crippen molar-refractivity contribution >= 4 is 16.8 Å². The summed E-state index contributed by atoms with van der Waals surface area (Å²) >= 11 is 5.20. The van der Waals surface area contributed by atoms with Gasteiger partial charge >= 0.3 is 0 Å². The first-order valence-corrected chi connectivity index (χ1v) is 3.51. The van der Waals surface area contributed by atoms with Crippen LogP contribution in [-0.4, -0.2) is 10.3 Å². The molecule has 12 heavy (non-hydrogen) atoms. The van der Waals surface area contributed by atoms with E-state index in [2.05, 4.69) is 0 Å². The number of carbonyl (C=O) groups is 1. The van der Waals surface area contributed by atoms with Crippen LogP contribution in [0.2, 0.25) is 0 Å². The van der Waals surface area contributed by atoms with Crippen molar-refractivity contribution in [3.05, 3.63) is 35.4 Å². The van der Waals surface area contributed by atoms with Gasteiger partial charge in [-0.15, -0.1) is 0 Å². The molecule has 4 heteroatoms. The number of rotatable bonds is 2. The molecule has 0 atom stereocenters. The molecule has 61 valence electrons. The second-order valence-electron chi connectivity index (χ2n) is 2.13. The number of hydrogen-bond acceptors (Lipinski definition) is 2. The van der Waals surface area contributed by atoms with Crippen LogP contribution in [0.15, 0.2) is 24.3 Å². The summed E-state index contributed by atoms with van der Waals surface area (Å²) in [6.07, 6.45) is 0. The van der Waals surface area contributed by atoms with Gasteiger partial charge in [-0.2, -0.15) is 0 Å². The predicted molar refractivity (Wildman–Crippen MR) is 42.5 cm³/mol. The third-order valence-corrected chi connectivity index (χ3v) is 1.58. The molecule has 0 saturated carbocycles. The zero-order valence-electron chi connectivity index (χ0n) is 6.33. The minimum atomic E-state index is -0.477. The van der Waals surface area contributed by atoms with Crippen LogP contribution in [0, 0.1) is 44.1 Å². The Morgan fingerprint density at radius 2 is 1.83 bits per heavy atom. The molecule has 0 saturated heterocycles. The molecule has 2 nitrogen and oxygen atoms in total. The zero-order valence-corrected chi connectivity index (χ0v) is 11.8. The van der Waals surface area contributed by atoms with Gasteiger partial charge in [0, 0.05) is 49.6 Å². The van der Waals surface area contributed by atoms with Gasteiger partial charge in [-0.05, 0) is 29.3 Å². The molecule has 0 bridgehead atoms. The molecule has 1 aromatic rings. The number of aliphatic hydroxyl groups excluding tert-OH is 1. The third-order valence-electron chi connectivity index (χ3n) is 1.36. The van der Waals surface area contributed by atoms with Crippen LogP contribution in [0.1, 0.15) is 15.9 Å². The molecule has 0 heterocycles. The topological polar surface area (TPSA) is 37.3 Å². The molecule has 0 spiro atoms. The van der Waals surface area contributed by atoms with Crippen LogP contribution in [0.25, 0.3) is 0 Å². The van der Waals surface area contributed by atoms with E-state index in [0.29, 0.717) is 5.56 Å². The monoisotopic (exact) mass is 397 g/mol. The van der Waals surface area contributed by atoms with Crippen molar-refractivity contribution in [1.29, 1.82) is 0 Å². The molecule has 1 N–H and O–H groups in total. The first kappa shape index (κ1) is 12.6. The smallest absolute Gasteiger partial charge is 0.252 e. The summed E-state index contributed by atoms with van der Waals surface area (Å²) in [4.78, 5) is 10.5. The Labute approximate surface area is 111 Å². The standard InChI is InChI=1S/C8H7ClO2.Ac/c9-8(11)7-3-1-6(5-10)2-4-7;/h1-4,10H,5H2;. The summed E-state index contributed by atoms with van der Waals surface area (Å²) in [5, 5.41) is 8.17. The van der Waals surface area contributed by atoms with Crippen LogP contribution >= 0.6 is 11.6 Å². The van der Waals surface area contributed by atoms with E-state index in [9.17, 15) is 4.79 Å². The Hall–Kier alpha value is 0.582. The van der Waals surface area contributed by atoms with Crippen molar-refractivity contribution in [1.82, 2.24) is 0 Å². The van der Waals surface area contributed by atoms with Crippen molar-refractivity contribution in [3.8, 4) is 0 Å². The Kier molecular flexibility index (Phi) is 6.39. The molecule has 0 aliphatic heterocycles. The second-order valence-corrected chi connectivity index (χ2v) is 2.47. The maximum absolute atomic E-state index is 10.5. The minimum Gasteiger partial charge on any atom is -0.392 e. The summed E-state index contributed by atoms with van der Waals surface area (Å²) < 4.78 is 0. The predicted octanol–water partition coefficient (Wildman–Crippen LogP) is 1.56. The van der Waals surface area contributed by atoms with Crippen molar-refractivity contribution in [2.24, 2.45) is 0 Å². The molecule has 0 fully saturated rings. The SMILES string of the molecule is O=C(Cl)c1ccc(CO)cc1.[Ac]. The van der Waals surface area contributed by atoms with E-state index < -0.39 is 5.24 Å². The molecule has 0 aromatic heterocycles. The zero-order chi connectivity index (χ0) is 8.27. The van der Waals surface area contributed by atoms with E-state index in [1.165, 1.54) is 0 Å². The van der Waals surface area contributed by atoms with E-state index >= 15 is 0 Å². The van der Waals surface area contributed by atoms with Gasteiger partial charge < -0.3 is 5.11 Å². The van der Waals surface area contributed by atoms with Gasteiger partial charge in [0.2, 0.25) is 0 Å². The molecule has 0 aliphatic carbocycles. The Morgan fingerprint density at radius 1 is 1.33 bits per heavy atom. The summed E-state index contributed by atoms with van der Waals surface area (Å²) in [7, 11) is 0. The maximum Gasteiger partial charge on any atom is 0.252 e. The molecule has 1 radical (unpaired) electrons. The van der Waals surface area contributed by atoms with Crippen LogP contribution in [0.4, 0.5) is 0 Å². The molecular weight excluding hydrogens is 391 g/mol. The second kappa shape index (κ2) is 6.10. The van der Waals surface area contributed by atoms with Crippen molar-refractivity contribution < 1.29 is 54.0 Å². The average molecular weight is 398 g/mol. The molecule has 0 aliphatic rings. The van der Waals surface area contributed by atoms with E-state index in [-0.39, 0.29) is 50.7 Å². The molecule has 1 rings (SSSR count).